The molecule has 226 valence electrons. The number of pyridine rings is 1. The predicted molar refractivity (Wildman–Crippen MR) is 150 cm³/mol. The van der Waals surface area contributed by atoms with Crippen molar-refractivity contribution in [3.05, 3.63) is 52.7 Å². The van der Waals surface area contributed by atoms with E-state index in [9.17, 15) is 28.2 Å². The summed E-state index contributed by atoms with van der Waals surface area (Å²) in [5.41, 5.74) is -3.58. The molecule has 2 aliphatic rings. The Morgan fingerprint density at radius 2 is 1.85 bits per heavy atom. The molecule has 1 unspecified atom stereocenters. The Labute approximate surface area is 243 Å². The molecule has 8 nitrogen and oxygen atoms in total. The lowest BCUT2D eigenvalue weighted by molar-refractivity contribution is -0.317. The predicted octanol–water partition coefficient (Wildman–Crippen LogP) is 4.39. The number of amides is 1. The third kappa shape index (κ3) is 6.74. The van der Waals surface area contributed by atoms with E-state index in [1.54, 1.807) is 20.2 Å². The number of rotatable bonds is 10. The lowest BCUT2D eigenvalue weighted by Crippen LogP contribution is -2.58. The maximum absolute atomic E-state index is 14.1. The summed E-state index contributed by atoms with van der Waals surface area (Å²) in [5, 5.41) is 21.8. The molecule has 0 bridgehead atoms. The van der Waals surface area contributed by atoms with Gasteiger partial charge in [0.1, 0.15) is 22.9 Å². The summed E-state index contributed by atoms with van der Waals surface area (Å²) in [7, 11) is 6.05. The second-order valence-electron chi connectivity index (χ2n) is 11.4. The van der Waals surface area contributed by atoms with E-state index in [0.29, 0.717) is 17.4 Å². The van der Waals surface area contributed by atoms with Crippen LogP contribution in [0.2, 0.25) is 5.15 Å². The molecule has 1 aliphatic heterocycles. The van der Waals surface area contributed by atoms with Gasteiger partial charge in [0, 0.05) is 39.3 Å². The average molecular weight is 599 g/mol. The van der Waals surface area contributed by atoms with Gasteiger partial charge in [-0.1, -0.05) is 23.7 Å². The topological polar surface area (TPSA) is 89.4 Å². The van der Waals surface area contributed by atoms with Crippen molar-refractivity contribution in [2.24, 2.45) is 17.8 Å². The zero-order chi connectivity index (χ0) is 30.1. The summed E-state index contributed by atoms with van der Waals surface area (Å²) in [6.07, 6.45) is -3.55. The lowest BCUT2D eigenvalue weighted by Gasteiger charge is -2.39. The molecule has 2 N–H and O–H groups in total. The minimum atomic E-state index is -5.11. The van der Waals surface area contributed by atoms with Crippen LogP contribution in [0.3, 0.4) is 0 Å². The van der Waals surface area contributed by atoms with Crippen molar-refractivity contribution in [3.63, 3.8) is 0 Å². The number of hydrogen-bond donors (Lipinski definition) is 2. The van der Waals surface area contributed by atoms with Crippen LogP contribution in [0.1, 0.15) is 41.6 Å². The quantitative estimate of drug-likeness (QED) is 0.310. The van der Waals surface area contributed by atoms with Gasteiger partial charge in [0.25, 0.3) is 5.91 Å². The molecule has 0 radical (unpaired) electrons. The van der Waals surface area contributed by atoms with Crippen LogP contribution in [0.5, 0.6) is 5.75 Å². The van der Waals surface area contributed by atoms with E-state index in [-0.39, 0.29) is 29.3 Å². The number of piperidine rings is 1. The number of hydrogen-bond acceptors (Lipinski definition) is 7. The number of likely N-dealkylation sites (N-methyl/N-ethyl adjacent to an activating group) is 1. The number of anilines is 1. The third-order valence-corrected chi connectivity index (χ3v) is 8.66. The van der Waals surface area contributed by atoms with Crippen LogP contribution in [0.25, 0.3) is 0 Å². The number of ether oxygens (including phenoxy) is 1. The molecular formula is C29H38ClF3N4O4. The fraction of sp³-hybridized carbons (Fsp3) is 0.586. The van der Waals surface area contributed by atoms with Crippen molar-refractivity contribution >= 4 is 23.3 Å². The van der Waals surface area contributed by atoms with Crippen LogP contribution >= 0.6 is 11.6 Å². The first-order valence-electron chi connectivity index (χ1n) is 13.7. The van der Waals surface area contributed by atoms with Crippen LogP contribution in [-0.2, 0) is 5.60 Å². The molecule has 4 rings (SSSR count). The van der Waals surface area contributed by atoms with E-state index in [4.69, 9.17) is 16.3 Å². The first-order chi connectivity index (χ1) is 19.3. The van der Waals surface area contributed by atoms with Gasteiger partial charge in [-0.15, -0.1) is 0 Å². The number of carbonyl (C=O) groups is 1. The fourth-order valence-corrected chi connectivity index (χ4v) is 5.99. The molecule has 4 atom stereocenters. The zero-order valence-corrected chi connectivity index (χ0v) is 24.5. The van der Waals surface area contributed by atoms with Gasteiger partial charge in [-0.3, -0.25) is 9.69 Å². The first kappa shape index (κ1) is 31.3. The van der Waals surface area contributed by atoms with Gasteiger partial charge in [-0.05, 0) is 74.8 Å². The lowest BCUT2D eigenvalue weighted by atomic mass is 9.89. The normalized spacial score (nSPS) is 21.9. The molecule has 1 aromatic heterocycles. The van der Waals surface area contributed by atoms with Crippen molar-refractivity contribution in [1.29, 1.82) is 0 Å². The highest BCUT2D eigenvalue weighted by Gasteiger charge is 2.61. The maximum Gasteiger partial charge on any atom is 0.425 e. The van der Waals surface area contributed by atoms with Gasteiger partial charge >= 0.3 is 6.18 Å². The standard InChI is InChI=1S/C29H38ClF3N4O4/c1-35(2)26(38)23-8-9-24(34-25(23)30)37-12-10-18(11-13-37)14-19-15-20(19)17-36(3)27(39)28(40,29(31,32)33)21-6-5-7-22(16-21)41-4/h5-9,16,18-20,27,39-40H,10-15,17H2,1-4H3/t19-,20-,27?,28+/m0/s1. The summed E-state index contributed by atoms with van der Waals surface area (Å²) in [6.45, 7) is 1.84. The summed E-state index contributed by atoms with van der Waals surface area (Å²) < 4.78 is 47.4. The van der Waals surface area contributed by atoms with E-state index in [1.807, 2.05) is 6.07 Å². The van der Waals surface area contributed by atoms with Crippen LogP contribution in [0, 0.1) is 17.8 Å². The Hall–Kier alpha value is -2.60. The van der Waals surface area contributed by atoms with Crippen molar-refractivity contribution in [3.8, 4) is 5.75 Å². The Balaban J connectivity index is 1.30. The molecule has 1 saturated carbocycles. The van der Waals surface area contributed by atoms with Gasteiger partial charge < -0.3 is 24.7 Å². The average Bonchev–Trinajstić information content (AvgIpc) is 3.67. The minimum absolute atomic E-state index is 0.151. The number of alkyl halides is 3. The van der Waals surface area contributed by atoms with Crippen molar-refractivity contribution in [2.45, 2.75) is 43.7 Å². The SMILES string of the molecule is COc1cccc([C@@](O)(C(O)N(C)C[C@@H]2C[C@@H]2CC2CCN(c3ccc(C(=O)N(C)C)c(Cl)n3)CC2)C(F)(F)F)c1. The smallest absolute Gasteiger partial charge is 0.425 e. The van der Waals surface area contributed by atoms with Crippen LogP contribution in [0.4, 0.5) is 19.0 Å². The molecule has 12 heteroatoms. The van der Waals surface area contributed by atoms with E-state index < -0.39 is 23.6 Å². The molecule has 2 aromatic rings. The molecule has 2 fully saturated rings. The number of methoxy groups -OCH3 is 1. The second-order valence-corrected chi connectivity index (χ2v) is 11.8. The van der Waals surface area contributed by atoms with Crippen LogP contribution in [0.15, 0.2) is 36.4 Å². The number of aliphatic hydroxyl groups excluding tert-OH is 1. The van der Waals surface area contributed by atoms with Crippen molar-refractivity contribution in [1.82, 2.24) is 14.8 Å². The Morgan fingerprint density at radius 1 is 1.17 bits per heavy atom. The monoisotopic (exact) mass is 598 g/mol. The zero-order valence-electron chi connectivity index (χ0n) is 23.7. The first-order valence-corrected chi connectivity index (χ1v) is 14.1. The summed E-state index contributed by atoms with van der Waals surface area (Å²) in [5.74, 6) is 1.68. The number of nitrogens with zero attached hydrogens (tertiary/aromatic N) is 4. The van der Waals surface area contributed by atoms with E-state index >= 15 is 0 Å². The third-order valence-electron chi connectivity index (χ3n) is 8.37. The number of aliphatic hydroxyl groups is 2. The van der Waals surface area contributed by atoms with E-state index in [0.717, 1.165) is 56.7 Å². The molecule has 1 amide bonds. The van der Waals surface area contributed by atoms with Gasteiger partial charge in [0.05, 0.1) is 12.7 Å². The molecular weight excluding hydrogens is 561 g/mol. The largest absolute Gasteiger partial charge is 0.497 e. The van der Waals surface area contributed by atoms with Crippen molar-refractivity contribution < 1.29 is 32.9 Å². The second kappa shape index (κ2) is 12.3. The highest BCUT2D eigenvalue weighted by Crippen LogP contribution is 2.47. The highest BCUT2D eigenvalue weighted by atomic mass is 35.5. The number of aromatic nitrogens is 1. The van der Waals surface area contributed by atoms with Crippen LogP contribution in [-0.4, -0.2) is 91.2 Å². The number of benzene rings is 1. The summed E-state index contributed by atoms with van der Waals surface area (Å²) >= 11 is 6.28. The summed E-state index contributed by atoms with van der Waals surface area (Å²) in [4.78, 5) is 21.5. The molecule has 2 heterocycles. The van der Waals surface area contributed by atoms with Crippen molar-refractivity contribution in [2.75, 3.05) is 52.8 Å². The minimum Gasteiger partial charge on any atom is -0.497 e. The Bertz CT molecular complexity index is 1220. The Morgan fingerprint density at radius 3 is 2.44 bits per heavy atom. The number of halogens is 4. The van der Waals surface area contributed by atoms with Gasteiger partial charge in [0.2, 0.25) is 5.60 Å². The molecule has 1 saturated heterocycles. The van der Waals surface area contributed by atoms with Gasteiger partial charge in [-0.2, -0.15) is 13.2 Å². The molecule has 1 aromatic carbocycles. The van der Waals surface area contributed by atoms with Gasteiger partial charge in [-0.25, -0.2) is 4.98 Å². The van der Waals surface area contributed by atoms with E-state index in [2.05, 4.69) is 9.88 Å². The molecule has 41 heavy (non-hydrogen) atoms. The highest BCUT2D eigenvalue weighted by molar-refractivity contribution is 6.32. The molecule has 0 spiro atoms. The van der Waals surface area contributed by atoms with Crippen LogP contribution < -0.4 is 9.64 Å². The van der Waals surface area contributed by atoms with Gasteiger partial charge in [0.15, 0.2) is 0 Å². The number of carbonyl (C=O) groups excluding carboxylic acids is 1. The summed E-state index contributed by atoms with van der Waals surface area (Å²) in [6, 6.07) is 8.58. The van der Waals surface area contributed by atoms with E-state index in [1.165, 1.54) is 36.1 Å². The molecule has 1 aliphatic carbocycles. The maximum atomic E-state index is 14.1. The Kier molecular flexibility index (Phi) is 9.42. The fourth-order valence-electron chi connectivity index (χ4n) is 5.76.